The number of carbonyl (C=O) groups is 1. The smallest absolute Gasteiger partial charge is 0.254 e. The predicted octanol–water partition coefficient (Wildman–Crippen LogP) is 2.86. The molecule has 0 spiro atoms. The van der Waals surface area contributed by atoms with Crippen molar-refractivity contribution in [3.8, 4) is 5.75 Å². The van der Waals surface area contributed by atoms with Crippen LogP contribution in [-0.2, 0) is 6.54 Å². The topological polar surface area (TPSA) is 51.5 Å². The highest BCUT2D eigenvalue weighted by molar-refractivity contribution is 5.94. The summed E-state index contributed by atoms with van der Waals surface area (Å²) in [4.78, 5) is 26.3. The summed E-state index contributed by atoms with van der Waals surface area (Å²) in [5.41, 5.74) is 1.54. The van der Waals surface area contributed by atoms with E-state index in [1.807, 2.05) is 38.1 Å². The molecule has 3 rings (SSSR count). The zero-order valence-corrected chi connectivity index (χ0v) is 14.8. The second-order valence-corrected chi connectivity index (χ2v) is 6.46. The van der Waals surface area contributed by atoms with Crippen molar-refractivity contribution in [1.82, 2.24) is 9.47 Å². The highest BCUT2D eigenvalue weighted by Crippen LogP contribution is 2.20. The normalized spacial score (nSPS) is 15.2. The van der Waals surface area contributed by atoms with Crippen molar-refractivity contribution in [2.75, 3.05) is 13.1 Å². The molecular weight excluding hydrogens is 316 g/mol. The summed E-state index contributed by atoms with van der Waals surface area (Å²) >= 11 is 0. The van der Waals surface area contributed by atoms with Gasteiger partial charge in [0.2, 0.25) is 0 Å². The minimum Gasteiger partial charge on any atom is -0.490 e. The van der Waals surface area contributed by atoms with E-state index in [2.05, 4.69) is 0 Å². The first-order valence-corrected chi connectivity index (χ1v) is 8.80. The lowest BCUT2D eigenvalue weighted by Crippen LogP contribution is -2.42. The number of aryl methyl sites for hydroxylation is 2. The molecule has 1 aliphatic heterocycles. The summed E-state index contributed by atoms with van der Waals surface area (Å²) in [5.74, 6) is 0.799. The fraction of sp³-hybridized carbons (Fsp3) is 0.400. The molecule has 5 heteroatoms. The van der Waals surface area contributed by atoms with Crippen molar-refractivity contribution in [3.63, 3.8) is 0 Å². The number of nitrogens with zero attached hydrogens (tertiary/aromatic N) is 2. The third-order valence-electron chi connectivity index (χ3n) is 4.64. The Bertz CT molecular complexity index is 787. The van der Waals surface area contributed by atoms with E-state index in [0.717, 1.165) is 18.6 Å². The fourth-order valence-corrected chi connectivity index (χ4v) is 3.07. The van der Waals surface area contributed by atoms with Crippen LogP contribution >= 0.6 is 0 Å². The van der Waals surface area contributed by atoms with Gasteiger partial charge in [-0.15, -0.1) is 0 Å². The number of amides is 1. The van der Waals surface area contributed by atoms with Gasteiger partial charge in [-0.05, 0) is 32.0 Å². The summed E-state index contributed by atoms with van der Waals surface area (Å²) in [6.07, 6.45) is 3.40. The Labute approximate surface area is 147 Å². The van der Waals surface area contributed by atoms with Crippen LogP contribution in [0.5, 0.6) is 5.75 Å². The Kier molecular flexibility index (Phi) is 5.22. The third-order valence-corrected chi connectivity index (χ3v) is 4.64. The first-order valence-electron chi connectivity index (χ1n) is 8.80. The lowest BCUT2D eigenvalue weighted by Gasteiger charge is -2.32. The maximum Gasteiger partial charge on any atom is 0.254 e. The van der Waals surface area contributed by atoms with Crippen molar-refractivity contribution in [2.45, 2.75) is 39.3 Å². The van der Waals surface area contributed by atoms with Gasteiger partial charge >= 0.3 is 0 Å². The third kappa shape index (κ3) is 4.10. The van der Waals surface area contributed by atoms with Gasteiger partial charge in [-0.1, -0.05) is 17.7 Å². The van der Waals surface area contributed by atoms with E-state index in [-0.39, 0.29) is 17.6 Å². The lowest BCUT2D eigenvalue weighted by molar-refractivity contribution is 0.0595. The standard InChI is InChI=1S/C20H24N2O3/c1-3-21-11-8-16(14-19(21)23)20(24)22-12-9-18(10-13-22)25-17-6-4-15(2)5-7-17/h4-8,11,14,18H,3,9-10,12-13H2,1-2H3. The molecule has 1 aromatic carbocycles. The van der Waals surface area contributed by atoms with Crippen molar-refractivity contribution < 1.29 is 9.53 Å². The van der Waals surface area contributed by atoms with E-state index in [1.54, 1.807) is 21.7 Å². The number of ether oxygens (including phenoxy) is 1. The summed E-state index contributed by atoms with van der Waals surface area (Å²) in [6.45, 7) is 5.85. The number of likely N-dealkylation sites (tertiary alicyclic amines) is 1. The number of pyridine rings is 1. The summed E-state index contributed by atoms with van der Waals surface area (Å²) in [7, 11) is 0. The second-order valence-electron chi connectivity index (χ2n) is 6.46. The molecule has 0 aliphatic carbocycles. The van der Waals surface area contributed by atoms with Gasteiger partial charge in [0.1, 0.15) is 11.9 Å². The van der Waals surface area contributed by atoms with E-state index in [0.29, 0.717) is 25.2 Å². The van der Waals surface area contributed by atoms with Crippen LogP contribution in [0.25, 0.3) is 0 Å². The number of rotatable bonds is 4. The molecule has 132 valence electrons. The first-order chi connectivity index (χ1) is 12.1. The SMILES string of the molecule is CCn1ccc(C(=O)N2CCC(Oc3ccc(C)cc3)CC2)cc1=O. The van der Waals surface area contributed by atoms with E-state index < -0.39 is 0 Å². The van der Waals surface area contributed by atoms with Crippen molar-refractivity contribution >= 4 is 5.91 Å². The van der Waals surface area contributed by atoms with Gasteiger partial charge in [0.25, 0.3) is 11.5 Å². The van der Waals surface area contributed by atoms with E-state index >= 15 is 0 Å². The predicted molar refractivity (Wildman–Crippen MR) is 97.1 cm³/mol. The molecule has 5 nitrogen and oxygen atoms in total. The minimum absolute atomic E-state index is 0.0749. The number of carbonyl (C=O) groups excluding carboxylic acids is 1. The Morgan fingerprint density at radius 1 is 1.16 bits per heavy atom. The number of aromatic nitrogens is 1. The van der Waals surface area contributed by atoms with Gasteiger partial charge in [0.15, 0.2) is 0 Å². The van der Waals surface area contributed by atoms with Crippen LogP contribution in [0.2, 0.25) is 0 Å². The zero-order chi connectivity index (χ0) is 17.8. The molecule has 1 saturated heterocycles. The highest BCUT2D eigenvalue weighted by Gasteiger charge is 2.25. The average Bonchev–Trinajstić information content (AvgIpc) is 2.63. The molecule has 2 heterocycles. The minimum atomic E-state index is -0.133. The molecular formula is C20H24N2O3. The second kappa shape index (κ2) is 7.55. The Balaban J connectivity index is 1.58. The van der Waals surface area contributed by atoms with Crippen molar-refractivity contribution in [2.24, 2.45) is 0 Å². The van der Waals surface area contributed by atoms with Crippen LogP contribution in [0.15, 0.2) is 47.4 Å². The van der Waals surface area contributed by atoms with Crippen LogP contribution < -0.4 is 10.3 Å². The molecule has 1 amide bonds. The van der Waals surface area contributed by atoms with Gasteiger partial charge in [-0.2, -0.15) is 0 Å². The molecule has 25 heavy (non-hydrogen) atoms. The van der Waals surface area contributed by atoms with Gasteiger partial charge < -0.3 is 14.2 Å². The van der Waals surface area contributed by atoms with E-state index in [9.17, 15) is 9.59 Å². The number of hydrogen-bond acceptors (Lipinski definition) is 3. The van der Waals surface area contributed by atoms with Gasteiger partial charge in [0.05, 0.1) is 0 Å². The highest BCUT2D eigenvalue weighted by atomic mass is 16.5. The van der Waals surface area contributed by atoms with Crippen LogP contribution in [-0.4, -0.2) is 34.6 Å². The molecule has 1 aliphatic rings. The molecule has 0 bridgehead atoms. The zero-order valence-electron chi connectivity index (χ0n) is 14.8. The van der Waals surface area contributed by atoms with Crippen LogP contribution in [0.1, 0.15) is 35.7 Å². The number of piperidine rings is 1. The quantitative estimate of drug-likeness (QED) is 0.860. The molecule has 1 aromatic heterocycles. The van der Waals surface area contributed by atoms with Crippen LogP contribution in [0.4, 0.5) is 0 Å². The molecule has 0 N–H and O–H groups in total. The fourth-order valence-electron chi connectivity index (χ4n) is 3.07. The van der Waals surface area contributed by atoms with Crippen molar-refractivity contribution in [1.29, 1.82) is 0 Å². The maximum atomic E-state index is 12.6. The lowest BCUT2D eigenvalue weighted by atomic mass is 10.1. The molecule has 0 saturated carbocycles. The van der Waals surface area contributed by atoms with E-state index in [4.69, 9.17) is 4.74 Å². The summed E-state index contributed by atoms with van der Waals surface area (Å²) in [6, 6.07) is 11.2. The van der Waals surface area contributed by atoms with Gasteiger partial charge in [0, 0.05) is 50.3 Å². The number of benzene rings is 1. The molecule has 0 unspecified atom stereocenters. The monoisotopic (exact) mass is 340 g/mol. The van der Waals surface area contributed by atoms with Gasteiger partial charge in [-0.25, -0.2) is 0 Å². The summed E-state index contributed by atoms with van der Waals surface area (Å²) < 4.78 is 7.58. The van der Waals surface area contributed by atoms with Crippen molar-refractivity contribution in [3.05, 3.63) is 64.1 Å². The van der Waals surface area contributed by atoms with Crippen LogP contribution in [0.3, 0.4) is 0 Å². The molecule has 0 radical (unpaired) electrons. The largest absolute Gasteiger partial charge is 0.490 e. The summed E-state index contributed by atoms with van der Waals surface area (Å²) in [5, 5.41) is 0. The Morgan fingerprint density at radius 2 is 1.84 bits per heavy atom. The molecule has 2 aromatic rings. The number of hydrogen-bond donors (Lipinski definition) is 0. The van der Waals surface area contributed by atoms with Gasteiger partial charge in [-0.3, -0.25) is 9.59 Å². The first kappa shape index (κ1) is 17.3. The maximum absolute atomic E-state index is 12.6. The molecule has 1 fully saturated rings. The average molecular weight is 340 g/mol. The van der Waals surface area contributed by atoms with Crippen LogP contribution in [0, 0.1) is 6.92 Å². The van der Waals surface area contributed by atoms with E-state index in [1.165, 1.54) is 11.6 Å². The molecule has 0 atom stereocenters. The Morgan fingerprint density at radius 3 is 2.44 bits per heavy atom. The Hall–Kier alpha value is -2.56.